The Bertz CT molecular complexity index is 631. The minimum atomic E-state index is -3.69. The van der Waals surface area contributed by atoms with Crippen LogP contribution in [0.3, 0.4) is 0 Å². The fourth-order valence-corrected chi connectivity index (χ4v) is 4.07. The second-order valence-corrected chi connectivity index (χ2v) is 6.53. The first kappa shape index (κ1) is 11.5. The lowest BCUT2D eigenvalue weighted by molar-refractivity contribution is -0.142. The molecule has 0 bridgehead atoms. The zero-order valence-electron chi connectivity index (χ0n) is 9.91. The number of rotatable bonds is 2. The maximum Gasteiger partial charge on any atom is 0.267 e. The molecular formula is C13H13NO3S. The zero-order chi connectivity index (χ0) is 12.9. The number of β-lactam (4-membered cyclic amide) rings is 1. The van der Waals surface area contributed by atoms with E-state index in [1.807, 2.05) is 13.0 Å². The normalized spacial score (nSPS) is 26.1. The maximum absolute atomic E-state index is 12.4. The van der Waals surface area contributed by atoms with Gasteiger partial charge in [0.1, 0.15) is 0 Å². The van der Waals surface area contributed by atoms with Crippen molar-refractivity contribution in [1.82, 2.24) is 4.31 Å². The summed E-state index contributed by atoms with van der Waals surface area (Å²) in [4.78, 5) is 12.0. The van der Waals surface area contributed by atoms with Crippen molar-refractivity contribution in [3.63, 3.8) is 0 Å². The van der Waals surface area contributed by atoms with Crippen molar-refractivity contribution >= 4 is 15.9 Å². The molecule has 5 heteroatoms. The Labute approximate surface area is 106 Å². The molecule has 1 aliphatic carbocycles. The van der Waals surface area contributed by atoms with E-state index in [0.717, 1.165) is 9.87 Å². The maximum atomic E-state index is 12.4. The van der Waals surface area contributed by atoms with Crippen LogP contribution < -0.4 is 0 Å². The van der Waals surface area contributed by atoms with E-state index in [1.165, 1.54) is 0 Å². The molecule has 0 saturated carbocycles. The van der Waals surface area contributed by atoms with Crippen molar-refractivity contribution in [2.24, 2.45) is 5.92 Å². The van der Waals surface area contributed by atoms with E-state index in [-0.39, 0.29) is 22.8 Å². The molecule has 18 heavy (non-hydrogen) atoms. The van der Waals surface area contributed by atoms with Crippen LogP contribution in [-0.4, -0.2) is 24.7 Å². The van der Waals surface area contributed by atoms with Gasteiger partial charge in [0.2, 0.25) is 5.91 Å². The van der Waals surface area contributed by atoms with E-state index in [4.69, 9.17) is 0 Å². The van der Waals surface area contributed by atoms with Gasteiger partial charge in [0.15, 0.2) is 0 Å². The second kappa shape index (κ2) is 3.68. The van der Waals surface area contributed by atoms with E-state index >= 15 is 0 Å². The van der Waals surface area contributed by atoms with Gasteiger partial charge < -0.3 is 0 Å². The van der Waals surface area contributed by atoms with Crippen molar-refractivity contribution in [2.45, 2.75) is 24.3 Å². The van der Waals surface area contributed by atoms with Crippen LogP contribution in [0.1, 0.15) is 12.0 Å². The highest BCUT2D eigenvalue weighted by molar-refractivity contribution is 7.89. The first-order chi connectivity index (χ1) is 8.51. The highest BCUT2D eigenvalue weighted by atomic mass is 32.2. The Kier molecular flexibility index (Phi) is 2.35. The number of nitrogens with zero attached hydrogens (tertiary/aromatic N) is 1. The van der Waals surface area contributed by atoms with Crippen LogP contribution in [0.4, 0.5) is 0 Å². The van der Waals surface area contributed by atoms with Crippen molar-refractivity contribution < 1.29 is 13.2 Å². The molecule has 1 heterocycles. The summed E-state index contributed by atoms with van der Waals surface area (Å²) in [6.45, 7) is 1.89. The predicted octanol–water partition coefficient (Wildman–Crippen LogP) is 1.47. The van der Waals surface area contributed by atoms with Crippen molar-refractivity contribution in [3.8, 4) is 0 Å². The van der Waals surface area contributed by atoms with E-state index in [0.29, 0.717) is 6.42 Å². The lowest BCUT2D eigenvalue weighted by atomic mass is 9.94. The Balaban J connectivity index is 1.98. The Hall–Kier alpha value is -1.62. The first-order valence-electron chi connectivity index (χ1n) is 5.83. The molecule has 4 nitrogen and oxygen atoms in total. The fourth-order valence-electron chi connectivity index (χ4n) is 2.46. The first-order valence-corrected chi connectivity index (χ1v) is 7.27. The molecule has 0 radical (unpaired) electrons. The largest absolute Gasteiger partial charge is 0.273 e. The van der Waals surface area contributed by atoms with E-state index < -0.39 is 10.0 Å². The minimum absolute atomic E-state index is 0.162. The molecule has 0 aromatic heterocycles. The molecule has 0 unspecified atom stereocenters. The standard InChI is InChI=1S/C13H13NO3S/c1-9-5-7-10(8-6-9)18(16,17)14-12-4-2-3-11(12)13(14)15/h2,4-8,11-12H,3H2,1H3/t11-,12+/m0/s1. The number of sulfonamides is 1. The highest BCUT2D eigenvalue weighted by Gasteiger charge is 2.53. The molecule has 2 aliphatic rings. The number of aryl methyl sites for hydroxylation is 1. The number of amides is 1. The van der Waals surface area contributed by atoms with Crippen molar-refractivity contribution in [2.75, 3.05) is 0 Å². The Morgan fingerprint density at radius 2 is 1.89 bits per heavy atom. The molecule has 1 aromatic rings. The third-order valence-electron chi connectivity index (χ3n) is 3.52. The van der Waals surface area contributed by atoms with Gasteiger partial charge in [0.05, 0.1) is 16.9 Å². The van der Waals surface area contributed by atoms with Crippen molar-refractivity contribution in [1.29, 1.82) is 0 Å². The topological polar surface area (TPSA) is 54.5 Å². The van der Waals surface area contributed by atoms with E-state index in [2.05, 4.69) is 0 Å². The summed E-state index contributed by atoms with van der Waals surface area (Å²) in [5, 5.41) is 0. The fraction of sp³-hybridized carbons (Fsp3) is 0.308. The number of carbonyl (C=O) groups excluding carboxylic acids is 1. The van der Waals surface area contributed by atoms with Gasteiger partial charge in [0.25, 0.3) is 10.0 Å². The van der Waals surface area contributed by atoms with Crippen LogP contribution in [0.25, 0.3) is 0 Å². The number of carbonyl (C=O) groups is 1. The van der Waals surface area contributed by atoms with E-state index in [1.54, 1.807) is 30.3 Å². The zero-order valence-corrected chi connectivity index (χ0v) is 10.7. The molecule has 1 amide bonds. The summed E-state index contributed by atoms with van der Waals surface area (Å²) < 4.78 is 25.7. The lowest BCUT2D eigenvalue weighted by Crippen LogP contribution is -2.60. The number of allylic oxidation sites excluding steroid dienone is 1. The molecule has 3 rings (SSSR count). The molecule has 1 saturated heterocycles. The average Bonchev–Trinajstić information content (AvgIpc) is 2.72. The summed E-state index contributed by atoms with van der Waals surface area (Å²) in [6, 6.07) is 6.29. The molecule has 2 atom stereocenters. The van der Waals surface area contributed by atoms with Gasteiger partial charge in [-0.3, -0.25) is 4.79 Å². The van der Waals surface area contributed by atoms with Gasteiger partial charge in [-0.1, -0.05) is 29.8 Å². The highest BCUT2D eigenvalue weighted by Crippen LogP contribution is 2.39. The van der Waals surface area contributed by atoms with Crippen LogP contribution >= 0.6 is 0 Å². The Morgan fingerprint density at radius 3 is 2.56 bits per heavy atom. The average molecular weight is 263 g/mol. The summed E-state index contributed by atoms with van der Waals surface area (Å²) in [5.41, 5.74) is 0.988. The van der Waals surface area contributed by atoms with Gasteiger partial charge in [0, 0.05) is 0 Å². The SMILES string of the molecule is Cc1ccc(S(=O)(=O)N2C(=O)[C@H]3CC=C[C@H]32)cc1. The number of benzene rings is 1. The van der Waals surface area contributed by atoms with Gasteiger partial charge in [-0.15, -0.1) is 0 Å². The van der Waals surface area contributed by atoms with Crippen LogP contribution in [-0.2, 0) is 14.8 Å². The monoisotopic (exact) mass is 263 g/mol. The molecule has 0 spiro atoms. The van der Waals surface area contributed by atoms with Crippen LogP contribution in [0.2, 0.25) is 0 Å². The molecule has 1 aliphatic heterocycles. The van der Waals surface area contributed by atoms with Crippen molar-refractivity contribution in [3.05, 3.63) is 42.0 Å². The molecule has 94 valence electrons. The number of fused-ring (bicyclic) bond motifs is 1. The molecule has 1 fully saturated rings. The summed E-state index contributed by atoms with van der Waals surface area (Å²) in [5.74, 6) is -0.448. The van der Waals surface area contributed by atoms with Crippen LogP contribution in [0, 0.1) is 12.8 Å². The quantitative estimate of drug-likeness (QED) is 0.600. The third-order valence-corrected chi connectivity index (χ3v) is 5.33. The minimum Gasteiger partial charge on any atom is -0.273 e. The van der Waals surface area contributed by atoms with E-state index in [9.17, 15) is 13.2 Å². The molecule has 1 aromatic carbocycles. The second-order valence-electron chi connectivity index (χ2n) is 4.71. The van der Waals surface area contributed by atoms with Crippen LogP contribution in [0.5, 0.6) is 0 Å². The lowest BCUT2D eigenvalue weighted by Gasteiger charge is -2.41. The van der Waals surface area contributed by atoms with Gasteiger partial charge >= 0.3 is 0 Å². The van der Waals surface area contributed by atoms with Gasteiger partial charge in [-0.05, 0) is 25.5 Å². The number of hydrogen-bond acceptors (Lipinski definition) is 3. The summed E-state index contributed by atoms with van der Waals surface area (Å²) >= 11 is 0. The van der Waals surface area contributed by atoms with Gasteiger partial charge in [-0.25, -0.2) is 12.7 Å². The number of hydrogen-bond donors (Lipinski definition) is 0. The predicted molar refractivity (Wildman–Crippen MR) is 66.2 cm³/mol. The smallest absolute Gasteiger partial charge is 0.267 e. The summed E-state index contributed by atoms with van der Waals surface area (Å²) in [7, 11) is -3.69. The molecular weight excluding hydrogens is 250 g/mol. The third kappa shape index (κ3) is 1.43. The van der Waals surface area contributed by atoms with Gasteiger partial charge in [-0.2, -0.15) is 0 Å². The van der Waals surface area contributed by atoms with Crippen LogP contribution in [0.15, 0.2) is 41.3 Å². The Morgan fingerprint density at radius 1 is 1.22 bits per heavy atom. The molecule has 0 N–H and O–H groups in total. The summed E-state index contributed by atoms with van der Waals surface area (Å²) in [6.07, 6.45) is 4.33.